The normalized spacial score (nSPS) is 17.9. The number of carbonyl (C=O) groups excluding carboxylic acids is 5. The number of benzene rings is 4. The molecule has 0 saturated heterocycles. The lowest BCUT2D eigenvalue weighted by atomic mass is 9.81. The van der Waals surface area contributed by atoms with Gasteiger partial charge in [0, 0.05) is 34.6 Å². The van der Waals surface area contributed by atoms with Crippen molar-refractivity contribution in [2.75, 3.05) is 13.1 Å². The number of rotatable bonds is 7. The van der Waals surface area contributed by atoms with Gasteiger partial charge in [0.2, 0.25) is 6.04 Å². The Kier molecular flexibility index (Phi) is 20.0. The highest BCUT2D eigenvalue weighted by Crippen LogP contribution is 2.47. The summed E-state index contributed by atoms with van der Waals surface area (Å²) in [5.41, 5.74) is 9.26. The molecule has 4 aromatic carbocycles. The summed E-state index contributed by atoms with van der Waals surface area (Å²) in [6, 6.07) is 35.6. The fourth-order valence-electron chi connectivity index (χ4n) is 5.28. The second-order valence-corrected chi connectivity index (χ2v) is 13.5. The topological polar surface area (TPSA) is 131 Å². The third kappa shape index (κ3) is 15.9. The molecule has 1 aliphatic heterocycles. The first-order valence-electron chi connectivity index (χ1n) is 17.0. The molecule has 53 heavy (non-hydrogen) atoms. The fraction of sp³-hybridized carbons (Fsp3) is 0.310. The third-order valence-electron chi connectivity index (χ3n) is 8.56. The zero-order valence-corrected chi connectivity index (χ0v) is 31.3. The Morgan fingerprint density at radius 2 is 1.30 bits per heavy atom. The van der Waals surface area contributed by atoms with Crippen molar-refractivity contribution in [2.45, 2.75) is 57.2 Å². The smallest absolute Gasteiger partial charge is 0.353 e. The Morgan fingerprint density at radius 3 is 1.72 bits per heavy atom. The number of hydrogen-bond acceptors (Lipinski definition) is 8. The molecule has 11 heteroatoms. The molecule has 0 radical (unpaired) electrons. The van der Waals surface area contributed by atoms with Gasteiger partial charge in [-0.2, -0.15) is 19.2 Å². The van der Waals surface area contributed by atoms with Crippen LogP contribution in [-0.4, -0.2) is 42.9 Å². The summed E-state index contributed by atoms with van der Waals surface area (Å²) in [6.07, 6.45) is 8.81. The summed E-state index contributed by atoms with van der Waals surface area (Å²) in [5.74, 6) is 1.74. The second-order valence-electron chi connectivity index (χ2n) is 12.6. The lowest BCUT2D eigenvalue weighted by Gasteiger charge is -2.35. The third-order valence-corrected chi connectivity index (χ3v) is 9.06. The number of nitrogens with two attached hydrogens (primary N) is 1. The van der Waals surface area contributed by atoms with E-state index >= 15 is 0 Å². The number of carbonyl (C=O) groups is 1. The highest BCUT2D eigenvalue weighted by atomic mass is 35.5. The Balaban J connectivity index is 0.000000268. The van der Waals surface area contributed by atoms with Gasteiger partial charge in [-0.05, 0) is 86.4 Å². The van der Waals surface area contributed by atoms with E-state index in [9.17, 15) is 4.79 Å². The molecule has 4 aromatic rings. The largest absolute Gasteiger partial charge is 0.373 e. The Bertz CT molecular complexity index is 1770. The predicted molar refractivity (Wildman–Crippen MR) is 206 cm³/mol. The molecule has 2 saturated carbocycles. The molecule has 7 rings (SSSR count). The Labute approximate surface area is 321 Å². The molecule has 0 bridgehead atoms. The van der Waals surface area contributed by atoms with Crippen LogP contribution < -0.4 is 5.73 Å². The summed E-state index contributed by atoms with van der Waals surface area (Å²) in [4.78, 5) is 53.4. The molecule has 9 nitrogen and oxygen atoms in total. The molecular weight excluding hydrogens is 711 g/mol. The number of aldehydes is 1. The van der Waals surface area contributed by atoms with E-state index in [4.69, 9.17) is 59.7 Å². The van der Waals surface area contributed by atoms with Crippen LogP contribution in [0.4, 0.5) is 0 Å². The molecule has 1 heterocycles. The average molecular weight is 756 g/mol. The maximum atomic E-state index is 10.1. The molecule has 276 valence electrons. The average Bonchev–Trinajstić information content (AvgIpc) is 4.14. The van der Waals surface area contributed by atoms with Crippen LogP contribution in [0.25, 0.3) is 4.85 Å². The summed E-state index contributed by atoms with van der Waals surface area (Å²) < 4.78 is 0. The molecule has 2 fully saturated rings. The number of halogens is 2. The Morgan fingerprint density at radius 1 is 0.830 bits per heavy atom. The van der Waals surface area contributed by atoms with E-state index in [-0.39, 0.29) is 29.9 Å². The molecule has 0 aromatic heterocycles. The first kappa shape index (κ1) is 44.0. The summed E-state index contributed by atoms with van der Waals surface area (Å²) in [5, 5.41) is 1.43. The lowest BCUT2D eigenvalue weighted by molar-refractivity contribution is -0.193. The van der Waals surface area contributed by atoms with Gasteiger partial charge in [-0.3, -0.25) is 9.79 Å². The van der Waals surface area contributed by atoms with Crippen molar-refractivity contribution in [3.05, 3.63) is 153 Å². The van der Waals surface area contributed by atoms with Crippen LogP contribution in [0.2, 0.25) is 10.0 Å². The van der Waals surface area contributed by atoms with Crippen molar-refractivity contribution in [3.63, 3.8) is 0 Å². The Hall–Kier alpha value is -5.19. The summed E-state index contributed by atoms with van der Waals surface area (Å²) >= 11 is 11.6. The van der Waals surface area contributed by atoms with Gasteiger partial charge in [0.1, 0.15) is 11.8 Å². The molecule has 2 N–H and O–H groups in total. The summed E-state index contributed by atoms with van der Waals surface area (Å²) in [6.45, 7) is 12.9. The highest BCUT2D eigenvalue weighted by molar-refractivity contribution is 6.30. The number of hydrogen-bond donors (Lipinski definition) is 1. The molecular formula is C42H44Cl2N4O5. The van der Waals surface area contributed by atoms with Crippen molar-refractivity contribution in [1.29, 1.82) is 0 Å². The van der Waals surface area contributed by atoms with Crippen molar-refractivity contribution >= 4 is 48.1 Å². The minimum Gasteiger partial charge on any atom is -0.353 e. The van der Waals surface area contributed by atoms with Crippen LogP contribution in [0, 0.1) is 18.4 Å². The van der Waals surface area contributed by atoms with Gasteiger partial charge in [-0.25, -0.2) is 6.57 Å². The first-order chi connectivity index (χ1) is 25.6. The molecule has 2 aliphatic carbocycles. The van der Waals surface area contributed by atoms with Gasteiger partial charge >= 0.3 is 12.3 Å². The van der Waals surface area contributed by atoms with Gasteiger partial charge < -0.3 is 15.5 Å². The van der Waals surface area contributed by atoms with E-state index in [0.717, 1.165) is 41.8 Å². The van der Waals surface area contributed by atoms with Crippen molar-refractivity contribution in [1.82, 2.24) is 4.90 Å². The molecule has 3 unspecified atom stereocenters. The van der Waals surface area contributed by atoms with E-state index in [1.807, 2.05) is 49.4 Å². The minimum atomic E-state index is -0.260. The maximum absolute atomic E-state index is 10.1. The van der Waals surface area contributed by atoms with Crippen molar-refractivity contribution in [2.24, 2.45) is 22.6 Å². The van der Waals surface area contributed by atoms with Gasteiger partial charge in [0.05, 0.1) is 12.4 Å². The molecule has 0 amide bonds. The first-order valence-corrected chi connectivity index (χ1v) is 17.8. The SMILES string of the molecule is CC1(c2ccccc2)N=CN(CC2CC2)C1c1ccc(Cl)cc1.NCC1CC1.O=C=O.O=C=O.O=Cc1ccc(Cl)cc1.[C-]#[N+]C(C)c1ccccc1. The van der Waals surface area contributed by atoms with E-state index in [1.54, 1.807) is 24.3 Å². The predicted octanol–water partition coefficient (Wildman–Crippen LogP) is 9.06. The van der Waals surface area contributed by atoms with Gasteiger partial charge in [-0.1, -0.05) is 108 Å². The fourth-order valence-corrected chi connectivity index (χ4v) is 5.53. The van der Waals surface area contributed by atoms with Crippen LogP contribution in [-0.2, 0) is 24.7 Å². The van der Waals surface area contributed by atoms with E-state index < -0.39 is 0 Å². The van der Waals surface area contributed by atoms with E-state index in [0.29, 0.717) is 10.6 Å². The van der Waals surface area contributed by atoms with Crippen molar-refractivity contribution in [3.8, 4) is 0 Å². The lowest BCUT2D eigenvalue weighted by Crippen LogP contribution is -2.35. The summed E-state index contributed by atoms with van der Waals surface area (Å²) in [7, 11) is 0. The van der Waals surface area contributed by atoms with Gasteiger partial charge in [0.15, 0.2) is 0 Å². The highest BCUT2D eigenvalue weighted by Gasteiger charge is 2.44. The van der Waals surface area contributed by atoms with Gasteiger partial charge in [-0.15, -0.1) is 0 Å². The number of aliphatic imine (C=N–C) groups is 1. The molecule has 0 spiro atoms. The number of nitrogens with zero attached hydrogens (tertiary/aromatic N) is 3. The quantitative estimate of drug-likeness (QED) is 0.147. The van der Waals surface area contributed by atoms with Crippen LogP contribution >= 0.6 is 23.2 Å². The standard InChI is InChI=1S/C20H21ClN2.C9H9N.C7H5ClO.C4H9N.2CO2/c1-20(17-5-3-2-4-6-17)19(16-9-11-18(21)12-10-16)23(14-22-20)13-15-7-8-15;1-8(10-2)9-6-4-3-5-7-9;8-7-3-1-6(5-9)2-4-7;5-3-4-1-2-4;2*2-1-3/h2-6,9-12,14-15,19H,7-8,13H2,1H3;3-8H,1H3;1-5H;4H,1-3,5H2;;. The maximum Gasteiger partial charge on any atom is 0.373 e. The van der Waals surface area contributed by atoms with Gasteiger partial charge in [0.25, 0.3) is 0 Å². The van der Waals surface area contributed by atoms with Crippen LogP contribution in [0.3, 0.4) is 0 Å². The minimum absolute atomic E-state index is 0.00111. The van der Waals surface area contributed by atoms with Crippen LogP contribution in [0.5, 0.6) is 0 Å². The van der Waals surface area contributed by atoms with Crippen molar-refractivity contribution < 1.29 is 24.0 Å². The zero-order chi connectivity index (χ0) is 39.1. The monoisotopic (exact) mass is 754 g/mol. The molecule has 3 atom stereocenters. The zero-order valence-electron chi connectivity index (χ0n) is 29.8. The van der Waals surface area contributed by atoms with Crippen LogP contribution in [0.15, 0.2) is 114 Å². The van der Waals surface area contributed by atoms with Crippen LogP contribution in [0.1, 0.15) is 78.7 Å². The van der Waals surface area contributed by atoms with E-state index in [2.05, 4.69) is 65.5 Å². The molecule has 3 aliphatic rings. The second kappa shape index (κ2) is 24.1. The van der Waals surface area contributed by atoms with E-state index in [1.165, 1.54) is 36.8 Å².